The minimum atomic E-state index is 0.0849. The zero-order chi connectivity index (χ0) is 18.4. The highest BCUT2D eigenvalue weighted by Gasteiger charge is 2.40. The van der Waals surface area contributed by atoms with Crippen molar-refractivity contribution in [2.24, 2.45) is 0 Å². The Hall–Kier alpha value is -1.89. The Morgan fingerprint density at radius 1 is 1.33 bits per heavy atom. The largest absolute Gasteiger partial charge is 0.378 e. The Labute approximate surface area is 159 Å². The third-order valence-corrected chi connectivity index (χ3v) is 6.49. The lowest BCUT2D eigenvalue weighted by Gasteiger charge is -2.45. The Bertz CT molecular complexity index is 842. The molecule has 0 saturated carbocycles. The maximum absolute atomic E-state index is 12.4. The van der Waals surface area contributed by atoms with Crippen molar-refractivity contribution in [3.05, 3.63) is 35.5 Å². The molecule has 3 aliphatic rings. The Kier molecular flexibility index (Phi) is 4.42. The maximum atomic E-state index is 12.4. The predicted molar refractivity (Wildman–Crippen MR) is 103 cm³/mol. The van der Waals surface area contributed by atoms with Crippen LogP contribution in [0.5, 0.6) is 0 Å². The number of aromatic nitrogens is 1. The van der Waals surface area contributed by atoms with Crippen molar-refractivity contribution in [2.75, 3.05) is 46.5 Å². The number of aromatic amines is 1. The van der Waals surface area contributed by atoms with Gasteiger partial charge in [0.1, 0.15) is 6.61 Å². The zero-order valence-corrected chi connectivity index (χ0v) is 15.8. The third-order valence-electron chi connectivity index (χ3n) is 6.49. The van der Waals surface area contributed by atoms with E-state index in [0.717, 1.165) is 19.4 Å². The van der Waals surface area contributed by atoms with Gasteiger partial charge in [-0.2, -0.15) is 0 Å². The van der Waals surface area contributed by atoms with Crippen LogP contribution >= 0.6 is 0 Å². The second-order valence-corrected chi connectivity index (χ2v) is 8.06. The Morgan fingerprint density at radius 3 is 3.04 bits per heavy atom. The fourth-order valence-corrected chi connectivity index (χ4v) is 5.11. The number of morpholine rings is 1. The second-order valence-electron chi connectivity index (χ2n) is 8.06. The van der Waals surface area contributed by atoms with Gasteiger partial charge in [0.25, 0.3) is 0 Å². The minimum Gasteiger partial charge on any atom is -0.378 e. The number of likely N-dealkylation sites (N-methyl/N-ethyl adjacent to an activating group) is 1. The summed E-state index contributed by atoms with van der Waals surface area (Å²) in [4.78, 5) is 20.1. The average molecular weight is 369 g/mol. The summed E-state index contributed by atoms with van der Waals surface area (Å²) >= 11 is 0. The highest BCUT2D eigenvalue weighted by molar-refractivity contribution is 5.88. The lowest BCUT2D eigenvalue weighted by atomic mass is 9.74. The standard InChI is InChI=1S/C21H27N3O3/c1-23-12-15(27-13-20(25)24-5-7-26-8-6-24)10-17-16-3-2-4-18-21(16)14(11-22-18)9-19(17)23/h2-4,11,15,17,19,22H,5-10,12-13H2,1H3/t15-,17?,19-/m1/s1. The molecule has 2 aliphatic heterocycles. The quantitative estimate of drug-likeness (QED) is 0.896. The van der Waals surface area contributed by atoms with Crippen LogP contribution in [0.15, 0.2) is 24.4 Å². The highest BCUT2D eigenvalue weighted by Crippen LogP contribution is 2.43. The van der Waals surface area contributed by atoms with Gasteiger partial charge in [0.15, 0.2) is 0 Å². The van der Waals surface area contributed by atoms with Crippen LogP contribution in [-0.4, -0.2) is 79.3 Å². The third kappa shape index (κ3) is 3.06. The van der Waals surface area contributed by atoms with Gasteiger partial charge in [0.05, 0.1) is 19.3 Å². The summed E-state index contributed by atoms with van der Waals surface area (Å²) in [5.74, 6) is 0.543. The normalized spacial score (nSPS) is 28.3. The number of likely N-dealkylation sites (tertiary alicyclic amines) is 1. The molecule has 0 bridgehead atoms. The van der Waals surface area contributed by atoms with Gasteiger partial charge < -0.3 is 19.4 Å². The number of hydrogen-bond acceptors (Lipinski definition) is 4. The Morgan fingerprint density at radius 2 is 2.19 bits per heavy atom. The molecule has 27 heavy (non-hydrogen) atoms. The summed E-state index contributed by atoms with van der Waals surface area (Å²) in [5, 5.41) is 1.40. The Balaban J connectivity index is 1.30. The van der Waals surface area contributed by atoms with Crippen molar-refractivity contribution >= 4 is 16.8 Å². The van der Waals surface area contributed by atoms with Crippen LogP contribution in [0.25, 0.3) is 10.9 Å². The number of ether oxygens (including phenoxy) is 2. The second kappa shape index (κ2) is 6.93. The zero-order valence-electron chi connectivity index (χ0n) is 15.8. The first kappa shape index (κ1) is 17.2. The van der Waals surface area contributed by atoms with E-state index in [4.69, 9.17) is 9.47 Å². The fourth-order valence-electron chi connectivity index (χ4n) is 5.11. The van der Waals surface area contributed by atoms with Gasteiger partial charge in [-0.25, -0.2) is 0 Å². The molecule has 1 amide bonds. The number of nitrogens with one attached hydrogen (secondary N) is 1. The number of carbonyl (C=O) groups excluding carboxylic acids is 1. The molecule has 0 radical (unpaired) electrons. The topological polar surface area (TPSA) is 57.8 Å². The molecule has 2 fully saturated rings. The number of rotatable bonds is 3. The molecule has 1 unspecified atom stereocenters. The molecule has 1 N–H and O–H groups in total. The van der Waals surface area contributed by atoms with Gasteiger partial charge in [-0.15, -0.1) is 0 Å². The smallest absolute Gasteiger partial charge is 0.248 e. The van der Waals surface area contributed by atoms with Crippen LogP contribution in [0.4, 0.5) is 0 Å². The van der Waals surface area contributed by atoms with E-state index in [-0.39, 0.29) is 18.6 Å². The number of hydrogen-bond donors (Lipinski definition) is 1. The van der Waals surface area contributed by atoms with E-state index < -0.39 is 0 Å². The molecule has 1 aromatic carbocycles. The minimum absolute atomic E-state index is 0.0849. The van der Waals surface area contributed by atoms with Gasteiger partial charge in [-0.3, -0.25) is 9.69 Å². The van der Waals surface area contributed by atoms with Crippen molar-refractivity contribution in [1.82, 2.24) is 14.8 Å². The van der Waals surface area contributed by atoms with E-state index in [2.05, 4.69) is 41.3 Å². The summed E-state index contributed by atoms with van der Waals surface area (Å²) in [6, 6.07) is 7.08. The molecule has 6 heteroatoms. The first-order chi connectivity index (χ1) is 13.2. The number of fused-ring (bicyclic) bond motifs is 2. The molecule has 0 spiro atoms. The summed E-state index contributed by atoms with van der Waals surface area (Å²) in [6.07, 6.45) is 4.33. The number of piperidine rings is 1. The molecular weight excluding hydrogens is 342 g/mol. The van der Waals surface area contributed by atoms with Gasteiger partial charge in [-0.05, 0) is 37.1 Å². The molecule has 2 aromatic rings. The van der Waals surface area contributed by atoms with E-state index >= 15 is 0 Å². The van der Waals surface area contributed by atoms with Gasteiger partial charge in [0, 0.05) is 48.7 Å². The van der Waals surface area contributed by atoms with Crippen LogP contribution in [0, 0.1) is 0 Å². The van der Waals surface area contributed by atoms with Crippen molar-refractivity contribution in [3.8, 4) is 0 Å². The van der Waals surface area contributed by atoms with Crippen molar-refractivity contribution in [1.29, 1.82) is 0 Å². The lowest BCUT2D eigenvalue weighted by molar-refractivity contribution is -0.143. The molecule has 3 heterocycles. The number of H-pyrrole nitrogens is 1. The van der Waals surface area contributed by atoms with Crippen molar-refractivity contribution in [2.45, 2.75) is 30.9 Å². The first-order valence-corrected chi connectivity index (χ1v) is 9.97. The molecule has 6 nitrogen and oxygen atoms in total. The van der Waals surface area contributed by atoms with E-state index in [1.54, 1.807) is 0 Å². The molecule has 3 atom stereocenters. The molecule has 1 aromatic heterocycles. The molecule has 5 rings (SSSR count). The number of amides is 1. The maximum Gasteiger partial charge on any atom is 0.248 e. The van der Waals surface area contributed by atoms with Crippen LogP contribution in [0.3, 0.4) is 0 Å². The molecule has 144 valence electrons. The van der Waals surface area contributed by atoms with Crippen molar-refractivity contribution in [3.63, 3.8) is 0 Å². The van der Waals surface area contributed by atoms with E-state index in [0.29, 0.717) is 38.3 Å². The number of benzene rings is 1. The van der Waals surface area contributed by atoms with Gasteiger partial charge in [-0.1, -0.05) is 12.1 Å². The first-order valence-electron chi connectivity index (χ1n) is 9.97. The van der Waals surface area contributed by atoms with Gasteiger partial charge >= 0.3 is 0 Å². The SMILES string of the molecule is CN1C[C@H](OCC(=O)N2CCOCC2)CC2c3cccc4[nH]cc(c34)C[C@H]21. The summed E-state index contributed by atoms with van der Waals surface area (Å²) in [7, 11) is 2.19. The fraction of sp³-hybridized carbons (Fsp3) is 0.571. The van der Waals surface area contributed by atoms with Crippen LogP contribution < -0.4 is 0 Å². The number of nitrogens with zero attached hydrogens (tertiary/aromatic N) is 2. The van der Waals surface area contributed by atoms with E-state index in [9.17, 15) is 4.79 Å². The summed E-state index contributed by atoms with van der Waals surface area (Å²) in [6.45, 7) is 3.67. The van der Waals surface area contributed by atoms with Crippen molar-refractivity contribution < 1.29 is 14.3 Å². The van der Waals surface area contributed by atoms with Crippen LogP contribution in [0.2, 0.25) is 0 Å². The average Bonchev–Trinajstić information content (AvgIpc) is 3.12. The summed E-state index contributed by atoms with van der Waals surface area (Å²) in [5.41, 5.74) is 4.09. The number of carbonyl (C=O) groups is 1. The van der Waals surface area contributed by atoms with Crippen LogP contribution in [-0.2, 0) is 20.7 Å². The van der Waals surface area contributed by atoms with Crippen LogP contribution in [0.1, 0.15) is 23.5 Å². The predicted octanol–water partition coefficient (Wildman–Crippen LogP) is 1.76. The molecule has 2 saturated heterocycles. The van der Waals surface area contributed by atoms with E-state index in [1.165, 1.54) is 22.0 Å². The lowest BCUT2D eigenvalue weighted by Crippen LogP contribution is -2.51. The van der Waals surface area contributed by atoms with Gasteiger partial charge in [0.2, 0.25) is 5.91 Å². The summed E-state index contributed by atoms with van der Waals surface area (Å²) < 4.78 is 11.4. The molecule has 1 aliphatic carbocycles. The highest BCUT2D eigenvalue weighted by atomic mass is 16.5. The molecular formula is C21H27N3O3. The monoisotopic (exact) mass is 369 g/mol. The van der Waals surface area contributed by atoms with E-state index in [1.807, 2.05) is 4.90 Å².